The van der Waals surface area contributed by atoms with Gasteiger partial charge in [-0.05, 0) is 49.9 Å². The van der Waals surface area contributed by atoms with Crippen LogP contribution in [-0.2, 0) is 32.6 Å². The van der Waals surface area contributed by atoms with E-state index in [1.807, 2.05) is 19.1 Å². The number of sulfonamides is 1. The molecule has 0 aromatic heterocycles. The Bertz CT molecular complexity index is 1130. The molecule has 1 saturated carbocycles. The van der Waals surface area contributed by atoms with E-state index in [0.717, 1.165) is 48.2 Å². The first-order valence-electron chi connectivity index (χ1n) is 12.0. The highest BCUT2D eigenvalue weighted by Crippen LogP contribution is 2.21. The highest BCUT2D eigenvalue weighted by Gasteiger charge is 2.31. The Balaban J connectivity index is 1.88. The van der Waals surface area contributed by atoms with Gasteiger partial charge in [-0.1, -0.05) is 50.1 Å². The summed E-state index contributed by atoms with van der Waals surface area (Å²) in [7, 11) is -3.80. The van der Waals surface area contributed by atoms with Crippen molar-refractivity contribution in [3.63, 3.8) is 0 Å². The molecule has 1 aliphatic rings. The number of rotatable bonds is 10. The van der Waals surface area contributed by atoms with Gasteiger partial charge in [0.15, 0.2) is 0 Å². The van der Waals surface area contributed by atoms with E-state index < -0.39 is 34.3 Å². The highest BCUT2D eigenvalue weighted by molar-refractivity contribution is 7.92. The van der Waals surface area contributed by atoms with Crippen molar-refractivity contribution in [2.24, 2.45) is 0 Å². The van der Waals surface area contributed by atoms with Crippen LogP contribution in [0.25, 0.3) is 0 Å². The molecule has 3 rings (SSSR count). The lowest BCUT2D eigenvalue weighted by molar-refractivity contribution is -0.139. The molecule has 2 aromatic carbocycles. The van der Waals surface area contributed by atoms with E-state index in [-0.39, 0.29) is 24.1 Å². The van der Waals surface area contributed by atoms with Crippen LogP contribution in [0.4, 0.5) is 10.1 Å². The molecule has 2 aromatic rings. The average Bonchev–Trinajstić information content (AvgIpc) is 3.34. The summed E-state index contributed by atoms with van der Waals surface area (Å²) in [5.74, 6) is -1.42. The molecule has 0 heterocycles. The Morgan fingerprint density at radius 3 is 2.29 bits per heavy atom. The van der Waals surface area contributed by atoms with Crippen LogP contribution >= 0.6 is 0 Å². The van der Waals surface area contributed by atoms with Crippen molar-refractivity contribution in [1.82, 2.24) is 10.2 Å². The monoisotopic (exact) mass is 503 g/mol. The number of amides is 2. The summed E-state index contributed by atoms with van der Waals surface area (Å²) in [5, 5.41) is 2.98. The molecule has 0 saturated heterocycles. The molecule has 1 aliphatic carbocycles. The van der Waals surface area contributed by atoms with E-state index in [1.165, 1.54) is 11.0 Å². The molecule has 0 bridgehead atoms. The van der Waals surface area contributed by atoms with Crippen molar-refractivity contribution in [3.05, 3.63) is 65.5 Å². The van der Waals surface area contributed by atoms with E-state index in [4.69, 9.17) is 0 Å². The maximum absolute atomic E-state index is 14.4. The van der Waals surface area contributed by atoms with Gasteiger partial charge in [-0.3, -0.25) is 13.9 Å². The topological polar surface area (TPSA) is 86.8 Å². The number of hydrogen-bond donors (Lipinski definition) is 1. The molecule has 2 amide bonds. The lowest BCUT2D eigenvalue weighted by Crippen LogP contribution is -2.52. The van der Waals surface area contributed by atoms with Gasteiger partial charge in [-0.25, -0.2) is 12.8 Å². The van der Waals surface area contributed by atoms with Crippen LogP contribution in [0.1, 0.15) is 50.7 Å². The Hall–Kier alpha value is -2.94. The lowest BCUT2D eigenvalue weighted by atomic mass is 10.1. The summed E-state index contributed by atoms with van der Waals surface area (Å²) in [4.78, 5) is 27.8. The maximum atomic E-state index is 14.4. The second-order valence-electron chi connectivity index (χ2n) is 9.07. The van der Waals surface area contributed by atoms with Gasteiger partial charge in [0.05, 0.1) is 11.9 Å². The Morgan fingerprint density at radius 1 is 1.09 bits per heavy atom. The van der Waals surface area contributed by atoms with Crippen LogP contribution in [0, 0.1) is 5.82 Å². The third-order valence-electron chi connectivity index (χ3n) is 6.48. The Morgan fingerprint density at radius 2 is 1.71 bits per heavy atom. The van der Waals surface area contributed by atoms with Crippen LogP contribution < -0.4 is 9.62 Å². The number of carbonyl (C=O) groups excluding carboxylic acids is 2. The molecule has 35 heavy (non-hydrogen) atoms. The molecule has 1 N–H and O–H groups in total. The van der Waals surface area contributed by atoms with E-state index in [0.29, 0.717) is 5.69 Å². The maximum Gasteiger partial charge on any atom is 0.244 e. The van der Waals surface area contributed by atoms with E-state index in [2.05, 4.69) is 5.32 Å². The SMILES string of the molecule is CCc1ccc(N(CC(=O)N(Cc2ccccc2F)[C@@H](C)C(=O)NC2CCCC2)S(C)(=O)=O)cc1. The Labute approximate surface area is 207 Å². The molecule has 190 valence electrons. The number of carbonyl (C=O) groups is 2. The number of aryl methyl sites for hydroxylation is 1. The van der Waals surface area contributed by atoms with Crippen LogP contribution in [-0.4, -0.2) is 50.0 Å². The first-order chi connectivity index (χ1) is 16.6. The summed E-state index contributed by atoms with van der Waals surface area (Å²) in [6.07, 6.45) is 5.67. The molecule has 1 atom stereocenters. The fraction of sp³-hybridized carbons (Fsp3) is 0.462. The molecule has 1 fully saturated rings. The fourth-order valence-corrected chi connectivity index (χ4v) is 5.15. The molecular weight excluding hydrogens is 469 g/mol. The largest absolute Gasteiger partial charge is 0.352 e. The fourth-order valence-electron chi connectivity index (χ4n) is 4.30. The van der Waals surface area contributed by atoms with Crippen molar-refractivity contribution in [1.29, 1.82) is 0 Å². The zero-order valence-electron chi connectivity index (χ0n) is 20.5. The quantitative estimate of drug-likeness (QED) is 0.537. The molecule has 0 unspecified atom stereocenters. The zero-order valence-corrected chi connectivity index (χ0v) is 21.4. The van der Waals surface area contributed by atoms with Gasteiger partial charge < -0.3 is 10.2 Å². The van der Waals surface area contributed by atoms with Crippen LogP contribution in [0.5, 0.6) is 0 Å². The second-order valence-corrected chi connectivity index (χ2v) is 11.0. The van der Waals surface area contributed by atoms with Crippen molar-refractivity contribution in [2.75, 3.05) is 17.1 Å². The highest BCUT2D eigenvalue weighted by atomic mass is 32.2. The van der Waals surface area contributed by atoms with E-state index in [1.54, 1.807) is 37.3 Å². The normalized spacial score (nSPS) is 15.0. The third-order valence-corrected chi connectivity index (χ3v) is 7.62. The van der Waals surface area contributed by atoms with Crippen LogP contribution in [0.3, 0.4) is 0 Å². The van der Waals surface area contributed by atoms with Crippen molar-refractivity contribution in [3.8, 4) is 0 Å². The number of halogens is 1. The van der Waals surface area contributed by atoms with Crippen LogP contribution in [0.15, 0.2) is 48.5 Å². The first-order valence-corrected chi connectivity index (χ1v) is 13.8. The van der Waals surface area contributed by atoms with Crippen molar-refractivity contribution < 1.29 is 22.4 Å². The zero-order chi connectivity index (χ0) is 25.6. The molecule has 0 spiro atoms. The van der Waals surface area contributed by atoms with E-state index >= 15 is 0 Å². The summed E-state index contributed by atoms with van der Waals surface area (Å²) >= 11 is 0. The predicted octanol–water partition coefficient (Wildman–Crippen LogP) is 3.63. The molecule has 9 heteroatoms. The molecule has 0 aliphatic heterocycles. The number of anilines is 1. The van der Waals surface area contributed by atoms with Gasteiger partial charge in [0.2, 0.25) is 21.8 Å². The second kappa shape index (κ2) is 11.7. The van der Waals surface area contributed by atoms with Gasteiger partial charge >= 0.3 is 0 Å². The predicted molar refractivity (Wildman–Crippen MR) is 135 cm³/mol. The van der Waals surface area contributed by atoms with Gasteiger partial charge in [0, 0.05) is 18.2 Å². The number of nitrogens with zero attached hydrogens (tertiary/aromatic N) is 2. The Kier molecular flexibility index (Phi) is 8.88. The average molecular weight is 504 g/mol. The third kappa shape index (κ3) is 7.04. The van der Waals surface area contributed by atoms with Gasteiger partial charge in [-0.2, -0.15) is 0 Å². The van der Waals surface area contributed by atoms with Gasteiger partial charge in [-0.15, -0.1) is 0 Å². The summed E-state index contributed by atoms with van der Waals surface area (Å²) in [6.45, 7) is 2.92. The lowest BCUT2D eigenvalue weighted by Gasteiger charge is -2.32. The molecular formula is C26H34FN3O4S. The standard InChI is InChI=1S/C26H34FN3O4S/c1-4-20-13-15-23(16-14-20)30(35(3,33)34)18-25(31)29(17-21-9-5-8-12-24(21)27)19(2)26(32)28-22-10-6-7-11-22/h5,8-9,12-16,19,22H,4,6-7,10-11,17-18H2,1-3H3,(H,28,32)/t19-/m0/s1. The number of nitrogens with one attached hydrogen (secondary N) is 1. The summed E-state index contributed by atoms with van der Waals surface area (Å²) in [6, 6.07) is 12.1. The molecule has 0 radical (unpaired) electrons. The minimum absolute atomic E-state index is 0.0555. The summed E-state index contributed by atoms with van der Waals surface area (Å²) in [5.41, 5.74) is 1.64. The van der Waals surface area contributed by atoms with E-state index in [9.17, 15) is 22.4 Å². The van der Waals surface area contributed by atoms with Gasteiger partial charge in [0.1, 0.15) is 18.4 Å². The van der Waals surface area contributed by atoms with Crippen LogP contribution in [0.2, 0.25) is 0 Å². The van der Waals surface area contributed by atoms with Gasteiger partial charge in [0.25, 0.3) is 0 Å². The smallest absolute Gasteiger partial charge is 0.244 e. The number of benzene rings is 2. The van der Waals surface area contributed by atoms with Crippen molar-refractivity contribution in [2.45, 2.75) is 64.6 Å². The summed E-state index contributed by atoms with van der Waals surface area (Å²) < 4.78 is 40.7. The first kappa shape index (κ1) is 26.7. The number of hydrogen-bond acceptors (Lipinski definition) is 4. The minimum atomic E-state index is -3.80. The minimum Gasteiger partial charge on any atom is -0.352 e. The van der Waals surface area contributed by atoms with Crippen molar-refractivity contribution >= 4 is 27.5 Å². The molecule has 7 nitrogen and oxygen atoms in total.